The number of halogens is 1. The molecular weight excluding hydrogens is 344 g/mol. The molecule has 0 fully saturated rings. The summed E-state index contributed by atoms with van der Waals surface area (Å²) < 4.78 is 0.694. The van der Waals surface area contributed by atoms with Crippen LogP contribution < -0.4 is 5.32 Å². The number of nitrogens with zero attached hydrogens (tertiary/aromatic N) is 1. The molecule has 1 aromatic heterocycles. The van der Waals surface area contributed by atoms with Crippen LogP contribution in [0.15, 0.2) is 43.0 Å². The minimum atomic E-state index is -0.168. The third-order valence-electron chi connectivity index (χ3n) is 3.41. The summed E-state index contributed by atoms with van der Waals surface area (Å²) in [5.41, 5.74) is 2.07. The first-order chi connectivity index (χ1) is 11.4. The van der Waals surface area contributed by atoms with Gasteiger partial charge < -0.3 is 10.2 Å². The molecule has 4 nitrogen and oxygen atoms in total. The van der Waals surface area contributed by atoms with Gasteiger partial charge in [0.05, 0.1) is 10.9 Å². The molecule has 0 aliphatic carbocycles. The Morgan fingerprint density at radius 1 is 1.33 bits per heavy atom. The fourth-order valence-corrected chi connectivity index (χ4v) is 3.37. The Hall–Kier alpha value is -2.11. The van der Waals surface area contributed by atoms with Crippen LogP contribution in [0.2, 0.25) is 4.34 Å². The van der Waals surface area contributed by atoms with Crippen LogP contribution >= 0.6 is 22.9 Å². The van der Waals surface area contributed by atoms with E-state index in [9.17, 15) is 9.59 Å². The number of nitrogens with one attached hydrogen (secondary N) is 1. The van der Waals surface area contributed by atoms with Crippen molar-refractivity contribution in [2.45, 2.75) is 20.4 Å². The summed E-state index contributed by atoms with van der Waals surface area (Å²) in [6.45, 7) is 7.94. The maximum absolute atomic E-state index is 12.8. The highest BCUT2D eigenvalue weighted by Gasteiger charge is 2.17. The van der Waals surface area contributed by atoms with Gasteiger partial charge in [0.2, 0.25) is 5.91 Å². The minimum Gasteiger partial charge on any atom is -0.330 e. The van der Waals surface area contributed by atoms with Crippen LogP contribution in [0.25, 0.3) is 0 Å². The van der Waals surface area contributed by atoms with E-state index in [2.05, 4.69) is 11.9 Å². The summed E-state index contributed by atoms with van der Waals surface area (Å²) in [6, 6.07) is 9.02. The maximum Gasteiger partial charge on any atom is 0.254 e. The predicted molar refractivity (Wildman–Crippen MR) is 99.7 cm³/mol. The van der Waals surface area contributed by atoms with Crippen LogP contribution in [0.1, 0.15) is 27.7 Å². The third-order valence-corrected chi connectivity index (χ3v) is 4.62. The van der Waals surface area contributed by atoms with Gasteiger partial charge in [0.25, 0.3) is 5.91 Å². The molecule has 6 heteroatoms. The largest absolute Gasteiger partial charge is 0.330 e. The first-order valence-electron chi connectivity index (χ1n) is 7.43. The zero-order valence-electron chi connectivity index (χ0n) is 13.6. The van der Waals surface area contributed by atoms with Gasteiger partial charge in [-0.3, -0.25) is 9.59 Å². The van der Waals surface area contributed by atoms with E-state index in [0.717, 1.165) is 10.4 Å². The standard InChI is InChI=1S/C18H19ClN2O2S/c1-4-9-21(11-15-7-8-17(19)24-15)18(23)14-6-5-12(2)16(10-14)20-13(3)22/h4-8,10H,1,9,11H2,2-3H3,(H,20,22). The number of hydrogen-bond donors (Lipinski definition) is 1. The maximum atomic E-state index is 12.8. The highest BCUT2D eigenvalue weighted by atomic mass is 35.5. The highest BCUT2D eigenvalue weighted by molar-refractivity contribution is 7.16. The number of amides is 2. The number of carbonyl (C=O) groups is 2. The number of carbonyl (C=O) groups excluding carboxylic acids is 2. The summed E-state index contributed by atoms with van der Waals surface area (Å²) >= 11 is 7.41. The van der Waals surface area contributed by atoms with E-state index in [0.29, 0.717) is 28.7 Å². The summed E-state index contributed by atoms with van der Waals surface area (Å²) in [6.07, 6.45) is 1.69. The molecule has 1 N–H and O–H groups in total. The van der Waals surface area contributed by atoms with Crippen molar-refractivity contribution >= 4 is 40.4 Å². The smallest absolute Gasteiger partial charge is 0.254 e. The molecule has 1 heterocycles. The molecule has 1 aromatic carbocycles. The Morgan fingerprint density at radius 2 is 2.08 bits per heavy atom. The van der Waals surface area contributed by atoms with Gasteiger partial charge in [-0.25, -0.2) is 0 Å². The Morgan fingerprint density at radius 3 is 2.67 bits per heavy atom. The van der Waals surface area contributed by atoms with Gasteiger partial charge in [-0.15, -0.1) is 17.9 Å². The summed E-state index contributed by atoms with van der Waals surface area (Å²) in [5.74, 6) is -0.287. The van der Waals surface area contributed by atoms with E-state index in [4.69, 9.17) is 11.6 Å². The summed E-state index contributed by atoms with van der Waals surface area (Å²) in [7, 11) is 0. The van der Waals surface area contributed by atoms with E-state index in [1.54, 1.807) is 23.1 Å². The first-order valence-corrected chi connectivity index (χ1v) is 8.62. The predicted octanol–water partition coefficient (Wildman–Crippen LogP) is 4.50. The topological polar surface area (TPSA) is 49.4 Å². The lowest BCUT2D eigenvalue weighted by atomic mass is 10.1. The molecule has 0 aliphatic heterocycles. The number of aryl methyl sites for hydroxylation is 1. The molecule has 0 aliphatic rings. The Balaban J connectivity index is 2.25. The molecule has 2 rings (SSSR count). The molecule has 0 radical (unpaired) electrons. The van der Waals surface area contributed by atoms with E-state index in [1.807, 2.05) is 25.1 Å². The molecular formula is C18H19ClN2O2S. The zero-order valence-corrected chi connectivity index (χ0v) is 15.2. The molecule has 24 heavy (non-hydrogen) atoms. The third kappa shape index (κ3) is 4.69. The number of anilines is 1. The molecule has 0 unspecified atom stereocenters. The van der Waals surface area contributed by atoms with Crippen LogP contribution in [0.3, 0.4) is 0 Å². The van der Waals surface area contributed by atoms with Crippen molar-refractivity contribution < 1.29 is 9.59 Å². The number of thiophene rings is 1. The van der Waals surface area contributed by atoms with Crippen LogP contribution in [0.5, 0.6) is 0 Å². The molecule has 2 amide bonds. The van der Waals surface area contributed by atoms with Crippen molar-refractivity contribution in [2.24, 2.45) is 0 Å². The second kappa shape index (κ2) is 8.13. The normalized spacial score (nSPS) is 10.3. The lowest BCUT2D eigenvalue weighted by molar-refractivity contribution is -0.114. The molecule has 0 saturated heterocycles. The van der Waals surface area contributed by atoms with E-state index in [1.165, 1.54) is 18.3 Å². The molecule has 0 spiro atoms. The van der Waals surface area contributed by atoms with Crippen molar-refractivity contribution in [3.63, 3.8) is 0 Å². The summed E-state index contributed by atoms with van der Waals surface area (Å²) in [5, 5.41) is 2.75. The van der Waals surface area contributed by atoms with E-state index < -0.39 is 0 Å². The Kier molecular flexibility index (Phi) is 6.17. The van der Waals surface area contributed by atoms with Crippen LogP contribution in [-0.4, -0.2) is 23.3 Å². The van der Waals surface area contributed by atoms with Gasteiger partial charge >= 0.3 is 0 Å². The number of rotatable bonds is 6. The fourth-order valence-electron chi connectivity index (χ4n) is 2.26. The molecule has 2 aromatic rings. The first kappa shape index (κ1) is 18.2. The van der Waals surface area contributed by atoms with Crippen molar-refractivity contribution in [3.8, 4) is 0 Å². The van der Waals surface area contributed by atoms with Gasteiger partial charge in [0.15, 0.2) is 0 Å². The van der Waals surface area contributed by atoms with Gasteiger partial charge in [0.1, 0.15) is 0 Å². The average molecular weight is 363 g/mol. The van der Waals surface area contributed by atoms with Crippen molar-refractivity contribution in [1.82, 2.24) is 4.90 Å². The SMILES string of the molecule is C=CCN(Cc1ccc(Cl)s1)C(=O)c1ccc(C)c(NC(C)=O)c1. The Labute approximate surface area is 150 Å². The van der Waals surface area contributed by atoms with Gasteiger partial charge in [-0.1, -0.05) is 23.7 Å². The van der Waals surface area contributed by atoms with Gasteiger partial charge in [-0.05, 0) is 36.8 Å². The monoisotopic (exact) mass is 362 g/mol. The minimum absolute atomic E-state index is 0.119. The quantitative estimate of drug-likeness (QED) is 0.769. The molecule has 0 bridgehead atoms. The van der Waals surface area contributed by atoms with Crippen LogP contribution in [-0.2, 0) is 11.3 Å². The average Bonchev–Trinajstić information content (AvgIpc) is 2.93. The van der Waals surface area contributed by atoms with Crippen LogP contribution in [0, 0.1) is 6.92 Å². The second-order valence-electron chi connectivity index (χ2n) is 5.39. The van der Waals surface area contributed by atoms with Crippen molar-refractivity contribution in [2.75, 3.05) is 11.9 Å². The van der Waals surface area contributed by atoms with Gasteiger partial charge in [-0.2, -0.15) is 0 Å². The highest BCUT2D eigenvalue weighted by Crippen LogP contribution is 2.24. The Bertz CT molecular complexity index is 770. The van der Waals surface area contributed by atoms with Gasteiger partial charge in [0, 0.05) is 29.6 Å². The number of hydrogen-bond acceptors (Lipinski definition) is 3. The van der Waals surface area contributed by atoms with E-state index >= 15 is 0 Å². The fraction of sp³-hybridized carbons (Fsp3) is 0.222. The lowest BCUT2D eigenvalue weighted by Gasteiger charge is -2.21. The van der Waals surface area contributed by atoms with E-state index in [-0.39, 0.29) is 11.8 Å². The van der Waals surface area contributed by atoms with Crippen molar-refractivity contribution in [1.29, 1.82) is 0 Å². The summed E-state index contributed by atoms with van der Waals surface area (Å²) in [4.78, 5) is 26.8. The zero-order chi connectivity index (χ0) is 17.7. The van der Waals surface area contributed by atoms with Crippen molar-refractivity contribution in [3.05, 3.63) is 63.3 Å². The number of benzene rings is 1. The van der Waals surface area contributed by atoms with Crippen LogP contribution in [0.4, 0.5) is 5.69 Å². The molecule has 0 atom stereocenters. The lowest BCUT2D eigenvalue weighted by Crippen LogP contribution is -2.30. The molecule has 0 saturated carbocycles. The second-order valence-corrected chi connectivity index (χ2v) is 7.19. The molecule has 126 valence electrons.